The summed E-state index contributed by atoms with van der Waals surface area (Å²) in [5.41, 5.74) is 2.47. The van der Waals surface area contributed by atoms with Crippen molar-refractivity contribution in [3.05, 3.63) is 59.4 Å². The van der Waals surface area contributed by atoms with E-state index >= 15 is 0 Å². The number of pyridine rings is 1. The van der Waals surface area contributed by atoms with Gasteiger partial charge in [-0.2, -0.15) is 0 Å². The summed E-state index contributed by atoms with van der Waals surface area (Å²) in [6.07, 6.45) is 0. The molecule has 0 unspecified atom stereocenters. The molecule has 136 valence electrons. The fourth-order valence-electron chi connectivity index (χ4n) is 2.98. The fourth-order valence-corrected chi connectivity index (χ4v) is 2.98. The van der Waals surface area contributed by atoms with Crippen molar-refractivity contribution in [3.8, 4) is 0 Å². The van der Waals surface area contributed by atoms with Crippen LogP contribution in [0.25, 0.3) is 0 Å². The largest absolute Gasteiger partial charge is 0.378 e. The molecule has 0 bridgehead atoms. The van der Waals surface area contributed by atoms with Crippen molar-refractivity contribution >= 4 is 17.5 Å². The molecular formula is C20H23N3O3. The highest BCUT2D eigenvalue weighted by atomic mass is 16.5. The van der Waals surface area contributed by atoms with Gasteiger partial charge in [-0.3, -0.25) is 9.59 Å². The third-order valence-electron chi connectivity index (χ3n) is 4.36. The predicted molar refractivity (Wildman–Crippen MR) is 99.5 cm³/mol. The Bertz CT molecular complexity index is 800. The number of morpholine rings is 1. The molecule has 2 amide bonds. The molecule has 1 fully saturated rings. The first-order valence-electron chi connectivity index (χ1n) is 8.82. The first kappa shape index (κ1) is 18.1. The van der Waals surface area contributed by atoms with Crippen LogP contribution in [0, 0.1) is 6.92 Å². The predicted octanol–water partition coefficient (Wildman–Crippen LogP) is 2.53. The number of carbonyl (C=O) groups excluding carboxylic acids is 2. The standard InChI is InChI=1S/C20H23N3O3/c1-3-23(16-7-4-6-15(2)14-16)20(25)18-9-5-8-17(21-18)19(24)22-10-12-26-13-11-22/h4-9,14H,3,10-13H2,1-2H3. The van der Waals surface area contributed by atoms with Crippen LogP contribution in [-0.2, 0) is 4.74 Å². The molecule has 26 heavy (non-hydrogen) atoms. The van der Waals surface area contributed by atoms with Crippen molar-refractivity contribution in [2.24, 2.45) is 0 Å². The summed E-state index contributed by atoms with van der Waals surface area (Å²) in [5.74, 6) is -0.378. The van der Waals surface area contributed by atoms with Crippen molar-refractivity contribution in [3.63, 3.8) is 0 Å². The highest BCUT2D eigenvalue weighted by molar-refractivity contribution is 6.05. The lowest BCUT2D eigenvalue weighted by Gasteiger charge is -2.26. The van der Waals surface area contributed by atoms with Crippen molar-refractivity contribution in [2.75, 3.05) is 37.7 Å². The Morgan fingerprint density at radius 3 is 2.50 bits per heavy atom. The van der Waals surface area contributed by atoms with Crippen LogP contribution in [0.4, 0.5) is 5.69 Å². The van der Waals surface area contributed by atoms with Crippen LogP contribution in [0.2, 0.25) is 0 Å². The number of benzene rings is 1. The van der Waals surface area contributed by atoms with E-state index in [1.165, 1.54) is 0 Å². The van der Waals surface area contributed by atoms with Crippen LogP contribution in [0.5, 0.6) is 0 Å². The Kier molecular flexibility index (Phi) is 5.63. The quantitative estimate of drug-likeness (QED) is 0.847. The van der Waals surface area contributed by atoms with Gasteiger partial charge in [-0.05, 0) is 43.7 Å². The van der Waals surface area contributed by atoms with Gasteiger partial charge in [0, 0.05) is 25.3 Å². The van der Waals surface area contributed by atoms with Crippen molar-refractivity contribution in [1.29, 1.82) is 0 Å². The fraction of sp³-hybridized carbons (Fsp3) is 0.350. The number of hydrogen-bond acceptors (Lipinski definition) is 4. The Balaban J connectivity index is 1.84. The van der Waals surface area contributed by atoms with E-state index in [4.69, 9.17) is 4.74 Å². The summed E-state index contributed by atoms with van der Waals surface area (Å²) < 4.78 is 5.28. The van der Waals surface area contributed by atoms with E-state index < -0.39 is 0 Å². The van der Waals surface area contributed by atoms with Gasteiger partial charge in [0.2, 0.25) is 0 Å². The summed E-state index contributed by atoms with van der Waals surface area (Å²) in [4.78, 5) is 33.3. The van der Waals surface area contributed by atoms with E-state index in [-0.39, 0.29) is 23.2 Å². The molecule has 0 saturated carbocycles. The van der Waals surface area contributed by atoms with Gasteiger partial charge in [-0.15, -0.1) is 0 Å². The molecule has 1 aliphatic rings. The zero-order chi connectivity index (χ0) is 18.5. The van der Waals surface area contributed by atoms with E-state index in [1.54, 1.807) is 28.0 Å². The lowest BCUT2D eigenvalue weighted by molar-refractivity contribution is 0.0299. The Morgan fingerprint density at radius 1 is 1.12 bits per heavy atom. The number of nitrogens with zero attached hydrogens (tertiary/aromatic N) is 3. The Morgan fingerprint density at radius 2 is 1.81 bits per heavy atom. The Labute approximate surface area is 153 Å². The van der Waals surface area contributed by atoms with Crippen LogP contribution in [0.15, 0.2) is 42.5 Å². The van der Waals surface area contributed by atoms with Crippen LogP contribution < -0.4 is 4.90 Å². The first-order valence-corrected chi connectivity index (χ1v) is 8.82. The average molecular weight is 353 g/mol. The number of amides is 2. The van der Waals surface area contributed by atoms with Crippen LogP contribution >= 0.6 is 0 Å². The molecule has 0 spiro atoms. The lowest BCUT2D eigenvalue weighted by atomic mass is 10.2. The minimum Gasteiger partial charge on any atom is -0.378 e. The maximum absolute atomic E-state index is 13.0. The SMILES string of the molecule is CCN(C(=O)c1cccc(C(=O)N2CCOCC2)n1)c1cccc(C)c1. The molecule has 6 nitrogen and oxygen atoms in total. The van der Waals surface area contributed by atoms with Gasteiger partial charge in [-0.1, -0.05) is 18.2 Å². The minimum atomic E-state index is -0.213. The number of rotatable bonds is 4. The normalized spacial score (nSPS) is 14.2. The molecule has 2 heterocycles. The van der Waals surface area contributed by atoms with Crippen molar-refractivity contribution in [1.82, 2.24) is 9.88 Å². The third-order valence-corrected chi connectivity index (χ3v) is 4.36. The zero-order valence-corrected chi connectivity index (χ0v) is 15.1. The number of aromatic nitrogens is 1. The smallest absolute Gasteiger partial charge is 0.276 e. The van der Waals surface area contributed by atoms with Gasteiger partial charge in [0.25, 0.3) is 11.8 Å². The zero-order valence-electron chi connectivity index (χ0n) is 15.1. The van der Waals surface area contributed by atoms with E-state index in [9.17, 15) is 9.59 Å². The van der Waals surface area contributed by atoms with E-state index in [0.717, 1.165) is 11.3 Å². The highest BCUT2D eigenvalue weighted by Gasteiger charge is 2.22. The van der Waals surface area contributed by atoms with Crippen molar-refractivity contribution in [2.45, 2.75) is 13.8 Å². The van der Waals surface area contributed by atoms with E-state index in [0.29, 0.717) is 32.8 Å². The van der Waals surface area contributed by atoms with Crippen LogP contribution in [0.1, 0.15) is 33.5 Å². The van der Waals surface area contributed by atoms with Crippen LogP contribution in [0.3, 0.4) is 0 Å². The number of aryl methyl sites for hydroxylation is 1. The average Bonchev–Trinajstić information content (AvgIpc) is 2.69. The first-order chi connectivity index (χ1) is 12.6. The van der Waals surface area contributed by atoms with Crippen LogP contribution in [-0.4, -0.2) is 54.5 Å². The van der Waals surface area contributed by atoms with E-state index in [1.807, 2.05) is 38.1 Å². The topological polar surface area (TPSA) is 62.7 Å². The molecule has 1 aliphatic heterocycles. The Hall–Kier alpha value is -2.73. The molecule has 1 aromatic carbocycles. The molecule has 0 N–H and O–H groups in total. The molecule has 1 saturated heterocycles. The second-order valence-electron chi connectivity index (χ2n) is 6.20. The summed E-state index contributed by atoms with van der Waals surface area (Å²) >= 11 is 0. The second kappa shape index (κ2) is 8.10. The summed E-state index contributed by atoms with van der Waals surface area (Å²) in [7, 11) is 0. The number of hydrogen-bond donors (Lipinski definition) is 0. The van der Waals surface area contributed by atoms with Gasteiger partial charge in [0.05, 0.1) is 13.2 Å². The molecule has 3 rings (SSSR count). The van der Waals surface area contributed by atoms with Gasteiger partial charge < -0.3 is 14.5 Å². The van der Waals surface area contributed by atoms with Crippen molar-refractivity contribution < 1.29 is 14.3 Å². The molecule has 0 radical (unpaired) electrons. The summed E-state index contributed by atoms with van der Waals surface area (Å²) in [5, 5.41) is 0. The molecule has 1 aromatic heterocycles. The van der Waals surface area contributed by atoms with Gasteiger partial charge in [0.15, 0.2) is 0 Å². The van der Waals surface area contributed by atoms with Gasteiger partial charge in [-0.25, -0.2) is 4.98 Å². The molecule has 0 atom stereocenters. The molecule has 2 aromatic rings. The van der Waals surface area contributed by atoms with E-state index in [2.05, 4.69) is 4.98 Å². The lowest BCUT2D eigenvalue weighted by Crippen LogP contribution is -2.41. The maximum atomic E-state index is 13.0. The second-order valence-corrected chi connectivity index (χ2v) is 6.20. The monoisotopic (exact) mass is 353 g/mol. The third kappa shape index (κ3) is 3.91. The van der Waals surface area contributed by atoms with Gasteiger partial charge >= 0.3 is 0 Å². The van der Waals surface area contributed by atoms with Gasteiger partial charge in [0.1, 0.15) is 11.4 Å². The minimum absolute atomic E-state index is 0.165. The molecule has 6 heteroatoms. The molecular weight excluding hydrogens is 330 g/mol. The number of carbonyl (C=O) groups is 2. The summed E-state index contributed by atoms with van der Waals surface area (Å²) in [6, 6.07) is 12.8. The highest BCUT2D eigenvalue weighted by Crippen LogP contribution is 2.18. The number of anilines is 1. The molecule has 0 aliphatic carbocycles. The number of ether oxygens (including phenoxy) is 1. The maximum Gasteiger partial charge on any atom is 0.276 e. The summed E-state index contributed by atoms with van der Waals surface area (Å²) in [6.45, 7) is 6.57.